The monoisotopic (exact) mass is 540 g/mol. The van der Waals surface area contributed by atoms with E-state index in [-0.39, 0.29) is 36.6 Å². The molecule has 0 heterocycles. The summed E-state index contributed by atoms with van der Waals surface area (Å²) in [5, 5.41) is 13.9. The number of rotatable bonds is 9. The molecule has 3 aromatic rings. The zero-order valence-electron chi connectivity index (χ0n) is 19.6. The van der Waals surface area contributed by atoms with E-state index in [4.69, 9.17) is 9.84 Å². The first-order valence-electron chi connectivity index (χ1n) is 11.2. The lowest BCUT2D eigenvalue weighted by atomic mass is 10.0. The lowest BCUT2D eigenvalue weighted by Crippen LogP contribution is -2.48. The van der Waals surface area contributed by atoms with Gasteiger partial charge < -0.3 is 20.5 Å². The highest BCUT2D eigenvalue weighted by molar-refractivity contribution is 5.97. The van der Waals surface area contributed by atoms with Crippen LogP contribution in [-0.2, 0) is 23.6 Å². The van der Waals surface area contributed by atoms with E-state index in [1.165, 1.54) is 36.4 Å². The Hall–Kier alpha value is -4.06. The zero-order valence-corrected chi connectivity index (χ0v) is 19.6. The normalized spacial score (nSPS) is 12.5. The minimum Gasteiger partial charge on any atom is -0.457 e. The molecule has 38 heavy (non-hydrogen) atoms. The smallest absolute Gasteiger partial charge is 0.416 e. The molecule has 0 aliphatic carbocycles. The van der Waals surface area contributed by atoms with E-state index in [1.807, 2.05) is 0 Å². The van der Waals surface area contributed by atoms with E-state index in [2.05, 4.69) is 10.6 Å². The molecule has 0 spiro atoms. The quantitative estimate of drug-likeness (QED) is 0.335. The molecule has 0 fully saturated rings. The molecule has 6 nitrogen and oxygen atoms in total. The van der Waals surface area contributed by atoms with Gasteiger partial charge >= 0.3 is 12.4 Å². The van der Waals surface area contributed by atoms with Crippen LogP contribution >= 0.6 is 0 Å². The van der Waals surface area contributed by atoms with E-state index in [1.54, 1.807) is 0 Å². The molecule has 0 saturated heterocycles. The minimum absolute atomic E-state index is 0.0891. The van der Waals surface area contributed by atoms with Crippen LogP contribution < -0.4 is 15.4 Å². The summed E-state index contributed by atoms with van der Waals surface area (Å²) in [6.07, 6.45) is -9.11. The highest BCUT2D eigenvalue weighted by atomic mass is 19.4. The summed E-state index contributed by atoms with van der Waals surface area (Å²) in [6.45, 7) is -0.443. The molecule has 0 aliphatic rings. The zero-order chi connectivity index (χ0) is 27.9. The summed E-state index contributed by atoms with van der Waals surface area (Å²) in [7, 11) is 0. The van der Waals surface area contributed by atoms with E-state index in [9.17, 15) is 35.9 Å². The van der Waals surface area contributed by atoms with Crippen molar-refractivity contribution in [3.05, 3.63) is 95.1 Å². The molecule has 0 bridgehead atoms. The van der Waals surface area contributed by atoms with Crippen LogP contribution in [0.25, 0.3) is 0 Å². The average molecular weight is 540 g/mol. The summed E-state index contributed by atoms with van der Waals surface area (Å²) in [6, 6.07) is 12.6. The molecule has 3 N–H and O–H groups in total. The van der Waals surface area contributed by atoms with E-state index >= 15 is 0 Å². The van der Waals surface area contributed by atoms with Gasteiger partial charge in [-0.25, -0.2) is 0 Å². The average Bonchev–Trinajstić information content (AvgIpc) is 2.87. The summed E-state index contributed by atoms with van der Waals surface area (Å²) in [5.74, 6) is -0.924. The molecule has 0 aromatic heterocycles. The lowest BCUT2D eigenvalue weighted by molar-refractivity contribution is -0.138. The number of benzene rings is 3. The molecule has 0 unspecified atom stereocenters. The highest BCUT2D eigenvalue weighted by Gasteiger charge is 2.31. The van der Waals surface area contributed by atoms with Crippen molar-refractivity contribution in [3.8, 4) is 11.5 Å². The first kappa shape index (κ1) is 28.5. The molecule has 202 valence electrons. The van der Waals surface area contributed by atoms with Crippen LogP contribution in [-0.4, -0.2) is 36.1 Å². The van der Waals surface area contributed by atoms with Gasteiger partial charge in [-0.15, -0.1) is 0 Å². The molecule has 3 rings (SSSR count). The topological polar surface area (TPSA) is 87.7 Å². The number of hydrogen-bond donors (Lipinski definition) is 3. The van der Waals surface area contributed by atoms with Gasteiger partial charge in [0.25, 0.3) is 5.91 Å². The number of halogens is 6. The van der Waals surface area contributed by atoms with Crippen molar-refractivity contribution in [2.45, 2.75) is 24.8 Å². The second-order valence-electron chi connectivity index (χ2n) is 8.09. The Labute approximate surface area is 213 Å². The number of aliphatic hydroxyl groups excluding tert-OH is 1. The summed E-state index contributed by atoms with van der Waals surface area (Å²) < 4.78 is 82.0. The first-order chi connectivity index (χ1) is 17.9. The van der Waals surface area contributed by atoms with Crippen LogP contribution in [0.2, 0.25) is 0 Å². The first-order valence-corrected chi connectivity index (χ1v) is 11.2. The second kappa shape index (κ2) is 12.0. The van der Waals surface area contributed by atoms with Gasteiger partial charge in [0.15, 0.2) is 0 Å². The maximum atomic E-state index is 12.8. The maximum Gasteiger partial charge on any atom is 0.416 e. The van der Waals surface area contributed by atoms with Crippen LogP contribution in [0.4, 0.5) is 26.3 Å². The van der Waals surface area contributed by atoms with Gasteiger partial charge in [0.1, 0.15) is 17.5 Å². The Morgan fingerprint density at radius 1 is 0.763 bits per heavy atom. The predicted octanol–water partition coefficient (Wildman–Crippen LogP) is 4.97. The number of carbonyl (C=O) groups is 2. The summed E-state index contributed by atoms with van der Waals surface area (Å²) >= 11 is 0. The Bertz CT molecular complexity index is 1230. The van der Waals surface area contributed by atoms with Crippen LogP contribution in [0.15, 0.2) is 72.8 Å². The minimum atomic E-state index is -4.52. The van der Waals surface area contributed by atoms with Crippen LogP contribution in [0.5, 0.6) is 11.5 Å². The Kier molecular flexibility index (Phi) is 9.00. The van der Waals surface area contributed by atoms with E-state index < -0.39 is 41.3 Å². The fourth-order valence-electron chi connectivity index (χ4n) is 3.34. The maximum absolute atomic E-state index is 12.8. The number of aliphatic hydroxyl groups is 1. The van der Waals surface area contributed by atoms with Crippen molar-refractivity contribution in [1.29, 1.82) is 0 Å². The molecule has 3 aromatic carbocycles. The molecule has 2 amide bonds. The molecule has 1 atom stereocenters. The van der Waals surface area contributed by atoms with Crippen LogP contribution in [0, 0.1) is 0 Å². The largest absolute Gasteiger partial charge is 0.457 e. The van der Waals surface area contributed by atoms with E-state index in [0.29, 0.717) is 5.56 Å². The third-order valence-electron chi connectivity index (χ3n) is 5.29. The van der Waals surface area contributed by atoms with Crippen molar-refractivity contribution in [3.63, 3.8) is 0 Å². The van der Waals surface area contributed by atoms with Gasteiger partial charge in [0, 0.05) is 18.5 Å². The van der Waals surface area contributed by atoms with Gasteiger partial charge in [0.2, 0.25) is 5.91 Å². The second-order valence-corrected chi connectivity index (χ2v) is 8.09. The third-order valence-corrected chi connectivity index (χ3v) is 5.29. The fraction of sp³-hybridized carbons (Fsp3) is 0.231. The number of carbonyl (C=O) groups excluding carboxylic acids is 2. The summed E-state index contributed by atoms with van der Waals surface area (Å²) in [4.78, 5) is 25.3. The Morgan fingerprint density at radius 2 is 1.24 bits per heavy atom. The van der Waals surface area contributed by atoms with Crippen molar-refractivity contribution < 1.29 is 45.8 Å². The van der Waals surface area contributed by atoms with Crippen LogP contribution in [0.1, 0.15) is 27.0 Å². The van der Waals surface area contributed by atoms with Gasteiger partial charge in [0.05, 0.1) is 17.7 Å². The van der Waals surface area contributed by atoms with Gasteiger partial charge in [-0.1, -0.05) is 12.1 Å². The number of amides is 2. The lowest BCUT2D eigenvalue weighted by Gasteiger charge is -2.19. The molecule has 12 heteroatoms. The number of ether oxygens (including phenoxy) is 1. The molecular weight excluding hydrogens is 518 g/mol. The Morgan fingerprint density at radius 3 is 1.71 bits per heavy atom. The SMILES string of the molecule is O=C(N[C@@H](Cc1ccc(C(F)(F)F)cc1)C(=O)NCCO)c1ccc(Oc2ccc(C(F)(F)F)cc2)cc1. The molecular formula is C26H22F6N2O4. The van der Waals surface area contributed by atoms with Crippen molar-refractivity contribution in [1.82, 2.24) is 10.6 Å². The van der Waals surface area contributed by atoms with Gasteiger partial charge in [-0.2, -0.15) is 26.3 Å². The summed E-state index contributed by atoms with van der Waals surface area (Å²) in [5.41, 5.74) is -1.20. The highest BCUT2D eigenvalue weighted by Crippen LogP contribution is 2.32. The Balaban J connectivity index is 1.68. The predicted molar refractivity (Wildman–Crippen MR) is 124 cm³/mol. The van der Waals surface area contributed by atoms with Gasteiger partial charge in [-0.3, -0.25) is 9.59 Å². The molecule has 0 saturated carbocycles. The number of nitrogens with one attached hydrogen (secondary N) is 2. The standard InChI is InChI=1S/C26H22F6N2O4/c27-25(28,29)18-5-1-16(2-6-18)15-22(24(37)33-13-14-35)34-23(36)17-3-9-20(10-4-17)38-21-11-7-19(8-12-21)26(30,31)32/h1-12,22,35H,13-15H2,(H,33,37)(H,34,36)/t22-/m0/s1. The van der Waals surface area contributed by atoms with E-state index in [0.717, 1.165) is 36.4 Å². The van der Waals surface area contributed by atoms with Crippen LogP contribution in [0.3, 0.4) is 0 Å². The van der Waals surface area contributed by atoms with Gasteiger partial charge in [-0.05, 0) is 66.2 Å². The molecule has 0 aliphatic heterocycles. The van der Waals surface area contributed by atoms with Crippen molar-refractivity contribution >= 4 is 11.8 Å². The van der Waals surface area contributed by atoms with Crippen molar-refractivity contribution in [2.24, 2.45) is 0 Å². The number of hydrogen-bond acceptors (Lipinski definition) is 4. The fourth-order valence-corrected chi connectivity index (χ4v) is 3.34. The van der Waals surface area contributed by atoms with Crippen molar-refractivity contribution in [2.75, 3.05) is 13.2 Å². The molecule has 0 radical (unpaired) electrons. The third kappa shape index (κ3) is 7.97. The number of alkyl halides is 6.